The van der Waals surface area contributed by atoms with Gasteiger partial charge in [0.05, 0.1) is 0 Å². The van der Waals surface area contributed by atoms with Crippen molar-refractivity contribution in [3.05, 3.63) is 71.8 Å². The molecule has 0 radical (unpaired) electrons. The maximum atomic E-state index is 5.68. The molecule has 1 N–H and O–H groups in total. The lowest BCUT2D eigenvalue weighted by Crippen LogP contribution is -2.54. The average molecular weight is 407 g/mol. The number of guanidine groups is 1. The zero-order valence-corrected chi connectivity index (χ0v) is 18.1. The number of aliphatic imine (C=N–C) groups is 1. The van der Waals surface area contributed by atoms with Crippen LogP contribution in [0.2, 0.25) is 0 Å². The molecule has 160 valence electrons. The van der Waals surface area contributed by atoms with Gasteiger partial charge in [0, 0.05) is 64.9 Å². The number of benzene rings is 2. The highest BCUT2D eigenvalue weighted by atomic mass is 16.5. The van der Waals surface area contributed by atoms with Crippen LogP contribution in [0.25, 0.3) is 0 Å². The zero-order chi connectivity index (χ0) is 20.7. The van der Waals surface area contributed by atoms with E-state index in [1.807, 2.05) is 7.05 Å². The van der Waals surface area contributed by atoms with Gasteiger partial charge in [0.2, 0.25) is 0 Å². The van der Waals surface area contributed by atoms with Crippen LogP contribution < -0.4 is 5.32 Å². The Labute approximate surface area is 180 Å². The van der Waals surface area contributed by atoms with Crippen LogP contribution in [0.15, 0.2) is 65.7 Å². The molecule has 2 aliphatic rings. The van der Waals surface area contributed by atoms with E-state index in [4.69, 9.17) is 4.74 Å². The molecule has 4 rings (SSSR count). The molecular weight excluding hydrogens is 372 g/mol. The number of nitrogens with one attached hydrogen (secondary N) is 1. The largest absolute Gasteiger partial charge is 0.381 e. The number of hydrogen-bond donors (Lipinski definition) is 1. The Bertz CT molecular complexity index is 794. The summed E-state index contributed by atoms with van der Waals surface area (Å²) >= 11 is 0. The number of ether oxygens (including phenoxy) is 1. The highest BCUT2D eigenvalue weighted by Gasteiger charge is 2.35. The zero-order valence-electron chi connectivity index (χ0n) is 18.1. The maximum Gasteiger partial charge on any atom is 0.193 e. The second-order valence-electron chi connectivity index (χ2n) is 8.41. The fraction of sp³-hybridized carbons (Fsp3) is 0.480. The van der Waals surface area contributed by atoms with Gasteiger partial charge >= 0.3 is 0 Å². The fourth-order valence-electron chi connectivity index (χ4n) is 4.66. The summed E-state index contributed by atoms with van der Waals surface area (Å²) in [6, 6.07) is 21.7. The molecule has 2 aromatic rings. The van der Waals surface area contributed by atoms with Crippen molar-refractivity contribution in [2.75, 3.05) is 53.0 Å². The third kappa shape index (κ3) is 5.02. The third-order valence-corrected chi connectivity index (χ3v) is 6.55. The molecule has 0 bridgehead atoms. The van der Waals surface area contributed by atoms with Crippen LogP contribution in [-0.2, 0) is 16.7 Å². The minimum absolute atomic E-state index is 0.116. The van der Waals surface area contributed by atoms with Gasteiger partial charge in [0.15, 0.2) is 5.96 Å². The molecule has 2 heterocycles. The van der Waals surface area contributed by atoms with Crippen LogP contribution in [-0.4, -0.2) is 68.7 Å². The van der Waals surface area contributed by atoms with Crippen molar-refractivity contribution in [3.63, 3.8) is 0 Å². The standard InChI is InChI=1S/C25H34N4O/c1-26-24(29-16-14-28(15-17-29)20-22-8-4-2-5-9-22)27-21-25(12-18-30-19-13-25)23-10-6-3-7-11-23/h2-11H,12-21H2,1H3,(H,26,27). The Morgan fingerprint density at radius 1 is 0.933 bits per heavy atom. The van der Waals surface area contributed by atoms with E-state index >= 15 is 0 Å². The summed E-state index contributed by atoms with van der Waals surface area (Å²) in [6.07, 6.45) is 2.09. The second-order valence-corrected chi connectivity index (χ2v) is 8.41. The van der Waals surface area contributed by atoms with Gasteiger partial charge in [-0.1, -0.05) is 60.7 Å². The van der Waals surface area contributed by atoms with Crippen molar-refractivity contribution >= 4 is 5.96 Å². The normalized spacial score (nSPS) is 20.2. The minimum Gasteiger partial charge on any atom is -0.381 e. The third-order valence-electron chi connectivity index (χ3n) is 6.55. The van der Waals surface area contributed by atoms with E-state index in [1.54, 1.807) is 0 Å². The lowest BCUT2D eigenvalue weighted by Gasteiger charge is -2.40. The molecule has 5 nitrogen and oxygen atoms in total. The fourth-order valence-corrected chi connectivity index (χ4v) is 4.66. The Balaban J connectivity index is 1.34. The van der Waals surface area contributed by atoms with E-state index < -0.39 is 0 Å². The van der Waals surface area contributed by atoms with Gasteiger partial charge in [0.25, 0.3) is 0 Å². The Morgan fingerprint density at radius 2 is 1.57 bits per heavy atom. The lowest BCUT2D eigenvalue weighted by atomic mass is 9.74. The predicted octanol–water partition coefficient (Wildman–Crippen LogP) is 3.13. The molecular formula is C25H34N4O. The second kappa shape index (κ2) is 10.1. The molecule has 0 spiro atoms. The molecule has 2 aromatic carbocycles. The SMILES string of the molecule is CN=C(NCC1(c2ccccc2)CCOCC1)N1CCN(Cc2ccccc2)CC1. The molecule has 0 aromatic heterocycles. The first-order chi connectivity index (χ1) is 14.8. The molecule has 5 heteroatoms. The van der Waals surface area contributed by atoms with Crippen LogP contribution in [0.1, 0.15) is 24.0 Å². The Kier molecular flexibility index (Phi) is 7.03. The molecule has 2 fully saturated rings. The van der Waals surface area contributed by atoms with Gasteiger partial charge in [-0.05, 0) is 24.0 Å². The number of rotatable bonds is 5. The number of piperazine rings is 1. The summed E-state index contributed by atoms with van der Waals surface area (Å²) in [4.78, 5) is 9.54. The summed E-state index contributed by atoms with van der Waals surface area (Å²) < 4.78 is 5.68. The van der Waals surface area contributed by atoms with Crippen LogP contribution in [0.5, 0.6) is 0 Å². The van der Waals surface area contributed by atoms with Crippen LogP contribution in [0.4, 0.5) is 0 Å². The van der Waals surface area contributed by atoms with Gasteiger partial charge < -0.3 is 15.0 Å². The molecule has 0 saturated carbocycles. The van der Waals surface area contributed by atoms with Gasteiger partial charge in [-0.25, -0.2) is 0 Å². The van der Waals surface area contributed by atoms with E-state index in [2.05, 4.69) is 80.8 Å². The van der Waals surface area contributed by atoms with Crippen LogP contribution in [0, 0.1) is 0 Å². The van der Waals surface area contributed by atoms with Gasteiger partial charge in [-0.15, -0.1) is 0 Å². The van der Waals surface area contributed by atoms with Crippen molar-refractivity contribution in [2.45, 2.75) is 24.8 Å². The first-order valence-electron chi connectivity index (χ1n) is 11.1. The molecule has 0 aliphatic carbocycles. The van der Waals surface area contributed by atoms with Crippen molar-refractivity contribution < 1.29 is 4.74 Å². The molecule has 0 unspecified atom stereocenters. The molecule has 0 amide bonds. The summed E-state index contributed by atoms with van der Waals surface area (Å²) in [5.41, 5.74) is 2.91. The highest BCUT2D eigenvalue weighted by molar-refractivity contribution is 5.80. The molecule has 30 heavy (non-hydrogen) atoms. The molecule has 2 saturated heterocycles. The first-order valence-corrected chi connectivity index (χ1v) is 11.1. The number of hydrogen-bond acceptors (Lipinski definition) is 3. The topological polar surface area (TPSA) is 40.1 Å². The van der Waals surface area contributed by atoms with Gasteiger partial charge in [-0.3, -0.25) is 9.89 Å². The van der Waals surface area contributed by atoms with Crippen LogP contribution >= 0.6 is 0 Å². The van der Waals surface area contributed by atoms with E-state index in [0.29, 0.717) is 0 Å². The van der Waals surface area contributed by atoms with Gasteiger partial charge in [-0.2, -0.15) is 0 Å². The number of nitrogens with zero attached hydrogens (tertiary/aromatic N) is 3. The van der Waals surface area contributed by atoms with Crippen molar-refractivity contribution in [2.24, 2.45) is 4.99 Å². The van der Waals surface area contributed by atoms with Gasteiger partial charge in [0.1, 0.15) is 0 Å². The van der Waals surface area contributed by atoms with E-state index in [1.165, 1.54) is 11.1 Å². The van der Waals surface area contributed by atoms with Crippen LogP contribution in [0.3, 0.4) is 0 Å². The quantitative estimate of drug-likeness (QED) is 0.612. The summed E-state index contributed by atoms with van der Waals surface area (Å²) in [5.74, 6) is 1.02. The van der Waals surface area contributed by atoms with Crippen molar-refractivity contribution in [1.82, 2.24) is 15.1 Å². The molecule has 0 atom stereocenters. The minimum atomic E-state index is 0.116. The summed E-state index contributed by atoms with van der Waals surface area (Å²) in [7, 11) is 1.90. The Morgan fingerprint density at radius 3 is 2.20 bits per heavy atom. The summed E-state index contributed by atoms with van der Waals surface area (Å²) in [5, 5.41) is 3.71. The Hall–Kier alpha value is -2.37. The van der Waals surface area contributed by atoms with E-state index in [9.17, 15) is 0 Å². The monoisotopic (exact) mass is 406 g/mol. The first kappa shape index (κ1) is 20.9. The van der Waals surface area contributed by atoms with E-state index in [0.717, 1.165) is 71.3 Å². The predicted molar refractivity (Wildman–Crippen MR) is 123 cm³/mol. The average Bonchev–Trinajstić information content (AvgIpc) is 2.82. The smallest absolute Gasteiger partial charge is 0.193 e. The summed E-state index contributed by atoms with van der Waals surface area (Å²) in [6.45, 7) is 7.72. The van der Waals surface area contributed by atoms with Crippen molar-refractivity contribution in [1.29, 1.82) is 0 Å². The van der Waals surface area contributed by atoms with E-state index in [-0.39, 0.29) is 5.41 Å². The molecule has 2 aliphatic heterocycles. The maximum absolute atomic E-state index is 5.68. The lowest BCUT2D eigenvalue weighted by molar-refractivity contribution is 0.0510. The van der Waals surface area contributed by atoms with Crippen molar-refractivity contribution in [3.8, 4) is 0 Å². The highest BCUT2D eigenvalue weighted by Crippen LogP contribution is 2.34.